The van der Waals surface area contributed by atoms with E-state index in [4.69, 9.17) is 28.4 Å². The van der Waals surface area contributed by atoms with E-state index in [9.17, 15) is 33.9 Å². The lowest BCUT2D eigenvalue weighted by Crippen LogP contribution is -2.69. The van der Waals surface area contributed by atoms with Crippen LogP contribution in [0, 0.1) is 5.92 Å². The van der Waals surface area contributed by atoms with Crippen molar-refractivity contribution in [2.75, 3.05) is 20.8 Å². The number of amides is 2. The molecule has 0 unspecified atom stereocenters. The highest BCUT2D eigenvalue weighted by molar-refractivity contribution is 5.87. The first-order valence-corrected chi connectivity index (χ1v) is 12.8. The van der Waals surface area contributed by atoms with E-state index in [1.165, 1.54) is 14.0 Å². The number of carbonyl (C=O) groups excluding carboxylic acids is 6. The molecule has 1 saturated carbocycles. The molecule has 2 fully saturated rings. The molecule has 2 amide bonds. The van der Waals surface area contributed by atoms with Crippen LogP contribution in [0.15, 0.2) is 0 Å². The van der Waals surface area contributed by atoms with E-state index in [0.29, 0.717) is 19.3 Å². The summed E-state index contributed by atoms with van der Waals surface area (Å²) in [6, 6.07) is -1.96. The average Bonchev–Trinajstić information content (AvgIpc) is 3.32. The Bertz CT molecular complexity index is 972. The Hall–Kier alpha value is -3.30. The second-order valence-electron chi connectivity index (χ2n) is 9.76. The molecule has 15 heteroatoms. The summed E-state index contributed by atoms with van der Waals surface area (Å²) in [5, 5.41) is 17.3. The molecule has 1 aliphatic heterocycles. The second kappa shape index (κ2) is 14.4. The standard InChI is InChI=1S/C25H38N2O13/c1-12(28)26-17-9-7-8-16(17)22(32)27-20(23(33)35-5)18-10-25(34,19(38-14(3)30)11-37-13(2)29)21(39-15(4)31)24(36-6)40-18/h16-21,24,34H,7-11H2,1-6H3,(H,26,28)(H,27,32)/t16-,17+,18-,19-,20+,21-,24-,25+/m0/s1. The number of aliphatic hydroxyl groups is 1. The van der Waals surface area contributed by atoms with Crippen LogP contribution in [0.1, 0.15) is 53.4 Å². The average molecular weight is 575 g/mol. The molecule has 1 heterocycles. The van der Waals surface area contributed by atoms with Crippen molar-refractivity contribution in [2.24, 2.45) is 5.92 Å². The molecule has 2 aliphatic rings. The number of hydrogen-bond acceptors (Lipinski definition) is 13. The van der Waals surface area contributed by atoms with E-state index in [-0.39, 0.29) is 5.91 Å². The molecule has 0 radical (unpaired) electrons. The Balaban J connectivity index is 2.48. The first-order chi connectivity index (χ1) is 18.7. The third-order valence-electron chi connectivity index (χ3n) is 6.77. The summed E-state index contributed by atoms with van der Waals surface area (Å²) in [5.74, 6) is -4.90. The molecule has 0 aromatic heterocycles. The van der Waals surface area contributed by atoms with Crippen LogP contribution < -0.4 is 10.6 Å². The smallest absolute Gasteiger partial charge is 0.331 e. The summed E-state index contributed by atoms with van der Waals surface area (Å²) < 4.78 is 31.6. The summed E-state index contributed by atoms with van der Waals surface area (Å²) in [6.45, 7) is 3.92. The van der Waals surface area contributed by atoms with Crippen LogP contribution >= 0.6 is 0 Å². The van der Waals surface area contributed by atoms with Gasteiger partial charge in [-0.25, -0.2) is 4.79 Å². The van der Waals surface area contributed by atoms with Crippen LogP contribution in [-0.2, 0) is 57.2 Å². The third kappa shape index (κ3) is 8.35. The van der Waals surface area contributed by atoms with Gasteiger partial charge in [-0.1, -0.05) is 6.42 Å². The van der Waals surface area contributed by atoms with Gasteiger partial charge < -0.3 is 44.2 Å². The lowest BCUT2D eigenvalue weighted by Gasteiger charge is -2.49. The van der Waals surface area contributed by atoms with Gasteiger partial charge >= 0.3 is 23.9 Å². The van der Waals surface area contributed by atoms with Gasteiger partial charge in [0.15, 0.2) is 24.5 Å². The Morgan fingerprint density at radius 3 is 2.20 bits per heavy atom. The largest absolute Gasteiger partial charge is 0.467 e. The number of carbonyl (C=O) groups is 6. The van der Waals surface area contributed by atoms with E-state index in [2.05, 4.69) is 10.6 Å². The van der Waals surface area contributed by atoms with E-state index < -0.39 is 91.0 Å². The predicted molar refractivity (Wildman–Crippen MR) is 132 cm³/mol. The van der Waals surface area contributed by atoms with Crippen LogP contribution in [-0.4, -0.2) is 104 Å². The van der Waals surface area contributed by atoms with Gasteiger partial charge in [0, 0.05) is 47.3 Å². The Morgan fingerprint density at radius 1 is 1.00 bits per heavy atom. The normalized spacial score (nSPS) is 29.3. The van der Waals surface area contributed by atoms with Crippen LogP contribution in [0.5, 0.6) is 0 Å². The van der Waals surface area contributed by atoms with Crippen LogP contribution in [0.3, 0.4) is 0 Å². The monoisotopic (exact) mass is 574 g/mol. The summed E-state index contributed by atoms with van der Waals surface area (Å²) >= 11 is 0. The maximum atomic E-state index is 13.3. The lowest BCUT2D eigenvalue weighted by atomic mass is 9.80. The van der Waals surface area contributed by atoms with Gasteiger partial charge in [0.1, 0.15) is 12.2 Å². The Kier molecular flexibility index (Phi) is 11.8. The molecule has 1 aliphatic carbocycles. The number of rotatable bonds is 11. The van der Waals surface area contributed by atoms with E-state index in [0.717, 1.165) is 27.9 Å². The number of ether oxygens (including phenoxy) is 6. The highest BCUT2D eigenvalue weighted by Crippen LogP contribution is 2.38. The van der Waals surface area contributed by atoms with Crippen LogP contribution in [0.25, 0.3) is 0 Å². The highest BCUT2D eigenvalue weighted by Gasteiger charge is 2.59. The summed E-state index contributed by atoms with van der Waals surface area (Å²) in [5.41, 5.74) is -2.33. The summed E-state index contributed by atoms with van der Waals surface area (Å²) in [4.78, 5) is 73.2. The zero-order valence-electron chi connectivity index (χ0n) is 23.4. The van der Waals surface area contributed by atoms with E-state index in [1.807, 2.05) is 0 Å². The summed E-state index contributed by atoms with van der Waals surface area (Å²) in [7, 11) is 2.27. The minimum Gasteiger partial charge on any atom is -0.467 e. The maximum Gasteiger partial charge on any atom is 0.331 e. The van der Waals surface area contributed by atoms with E-state index >= 15 is 0 Å². The second-order valence-corrected chi connectivity index (χ2v) is 9.76. The van der Waals surface area contributed by atoms with Crippen molar-refractivity contribution in [3.05, 3.63) is 0 Å². The molecule has 1 saturated heterocycles. The van der Waals surface area contributed by atoms with Crippen molar-refractivity contribution in [1.29, 1.82) is 0 Å². The quantitative estimate of drug-likeness (QED) is 0.198. The minimum absolute atomic E-state index is 0.307. The molecule has 2 rings (SSSR count). The molecule has 8 atom stereocenters. The van der Waals surface area contributed by atoms with Crippen molar-refractivity contribution < 1.29 is 62.3 Å². The first kappa shape index (κ1) is 32.9. The highest BCUT2D eigenvalue weighted by atomic mass is 16.7. The minimum atomic E-state index is -2.33. The number of hydrogen-bond donors (Lipinski definition) is 3. The van der Waals surface area contributed by atoms with Gasteiger partial charge in [-0.15, -0.1) is 0 Å². The van der Waals surface area contributed by atoms with Gasteiger partial charge in [-0.3, -0.25) is 24.0 Å². The molecule has 226 valence electrons. The van der Waals surface area contributed by atoms with Crippen LogP contribution in [0.4, 0.5) is 0 Å². The Morgan fingerprint density at radius 2 is 1.68 bits per heavy atom. The van der Waals surface area contributed by atoms with Gasteiger partial charge in [-0.2, -0.15) is 0 Å². The maximum absolute atomic E-state index is 13.3. The molecule has 40 heavy (non-hydrogen) atoms. The molecule has 0 bridgehead atoms. The Labute approximate surface area is 231 Å². The molecule has 0 spiro atoms. The zero-order valence-corrected chi connectivity index (χ0v) is 23.4. The fraction of sp³-hybridized carbons (Fsp3) is 0.760. The molecule has 3 N–H and O–H groups in total. The van der Waals surface area contributed by atoms with Crippen molar-refractivity contribution in [3.63, 3.8) is 0 Å². The molecule has 0 aromatic rings. The number of esters is 4. The van der Waals surface area contributed by atoms with Gasteiger partial charge in [0.05, 0.1) is 19.1 Å². The van der Waals surface area contributed by atoms with Gasteiger partial charge in [0.2, 0.25) is 11.8 Å². The first-order valence-electron chi connectivity index (χ1n) is 12.8. The fourth-order valence-corrected chi connectivity index (χ4v) is 5.06. The molecule has 15 nitrogen and oxygen atoms in total. The van der Waals surface area contributed by atoms with E-state index in [1.54, 1.807) is 0 Å². The van der Waals surface area contributed by atoms with Crippen LogP contribution in [0.2, 0.25) is 0 Å². The van der Waals surface area contributed by atoms with Crippen molar-refractivity contribution >= 4 is 35.7 Å². The topological polar surface area (TPSA) is 202 Å². The molecular formula is C25H38N2O13. The van der Waals surface area contributed by atoms with Crippen molar-refractivity contribution in [3.8, 4) is 0 Å². The summed E-state index contributed by atoms with van der Waals surface area (Å²) in [6.07, 6.45) is -4.98. The number of methoxy groups -OCH3 is 2. The predicted octanol–water partition coefficient (Wildman–Crippen LogP) is -1.13. The van der Waals surface area contributed by atoms with Gasteiger partial charge in [-0.05, 0) is 12.8 Å². The zero-order chi connectivity index (χ0) is 30.2. The lowest BCUT2D eigenvalue weighted by molar-refractivity contribution is -0.314. The SMILES string of the molecule is COC(=O)[C@H](NC(=O)[C@H]1CCC[C@H]1NC(C)=O)[C@@H]1C[C@@](O)([C@H](COC(C)=O)OC(C)=O)[C@@H](OC(C)=O)[C@@H](OC)O1. The fourth-order valence-electron chi connectivity index (χ4n) is 5.06. The third-order valence-corrected chi connectivity index (χ3v) is 6.77. The number of nitrogens with one attached hydrogen (secondary N) is 2. The van der Waals surface area contributed by atoms with Crippen molar-refractivity contribution in [1.82, 2.24) is 10.6 Å². The van der Waals surface area contributed by atoms with Gasteiger partial charge in [0.25, 0.3) is 0 Å². The molecular weight excluding hydrogens is 536 g/mol. The molecule has 0 aromatic carbocycles. The van der Waals surface area contributed by atoms with Crippen molar-refractivity contribution in [2.45, 2.75) is 95.7 Å².